The largest absolute Gasteiger partial charge is 0.465 e. The van der Waals surface area contributed by atoms with Gasteiger partial charge in [-0.3, -0.25) is 19.4 Å². The normalized spacial score (nSPS) is 16.9. The van der Waals surface area contributed by atoms with Crippen LogP contribution in [0, 0.1) is 0 Å². The van der Waals surface area contributed by atoms with Crippen molar-refractivity contribution in [1.29, 1.82) is 0 Å². The van der Waals surface area contributed by atoms with Gasteiger partial charge in [0, 0.05) is 19.6 Å². The molecule has 0 radical (unpaired) electrons. The quantitative estimate of drug-likeness (QED) is 0.0744. The highest BCUT2D eigenvalue weighted by atomic mass is 32.2. The summed E-state index contributed by atoms with van der Waals surface area (Å²) in [7, 11) is -4.01. The molecule has 3 atom stereocenters. The number of carbonyl (C=O) groups excluding carboxylic acids is 3. The first kappa shape index (κ1) is 31.0. The second kappa shape index (κ2) is 15.2. The van der Waals surface area contributed by atoms with Crippen molar-refractivity contribution in [2.75, 3.05) is 32.8 Å². The van der Waals surface area contributed by atoms with Crippen LogP contribution in [0.2, 0.25) is 0 Å². The molecule has 0 aromatic heterocycles. The Morgan fingerprint density at radius 3 is 2.58 bits per heavy atom. The van der Waals surface area contributed by atoms with E-state index in [9.17, 15) is 22.8 Å². The smallest absolute Gasteiger partial charge is 0.320 e. The summed E-state index contributed by atoms with van der Waals surface area (Å²) in [6.07, 6.45) is 1.85. The van der Waals surface area contributed by atoms with Crippen LogP contribution in [-0.2, 0) is 35.6 Å². The molecule has 14 heteroatoms. The van der Waals surface area contributed by atoms with Crippen molar-refractivity contribution in [2.24, 2.45) is 22.2 Å². The number of sulfonamides is 1. The van der Waals surface area contributed by atoms with Crippen LogP contribution in [-0.4, -0.2) is 87.2 Å². The van der Waals surface area contributed by atoms with Crippen LogP contribution in [0.1, 0.15) is 38.2 Å². The number of nitrogens with one attached hydrogen (secondary N) is 2. The van der Waals surface area contributed by atoms with Crippen molar-refractivity contribution >= 4 is 33.8 Å². The lowest BCUT2D eigenvalue weighted by Gasteiger charge is -2.27. The maximum absolute atomic E-state index is 13.1. The van der Waals surface area contributed by atoms with Gasteiger partial charge in [-0.15, -0.1) is 0 Å². The summed E-state index contributed by atoms with van der Waals surface area (Å²) < 4.78 is 32.8. The highest BCUT2D eigenvalue weighted by molar-refractivity contribution is 7.90. The molecular weight excluding hydrogens is 514 g/mol. The van der Waals surface area contributed by atoms with Gasteiger partial charge in [-0.2, -0.15) is 0 Å². The van der Waals surface area contributed by atoms with E-state index >= 15 is 0 Å². The Labute approximate surface area is 223 Å². The Bertz CT molecular complexity index is 1060. The molecule has 8 N–H and O–H groups in total. The van der Waals surface area contributed by atoms with Gasteiger partial charge in [0.25, 0.3) is 0 Å². The third-order valence-electron chi connectivity index (χ3n) is 6.10. The van der Waals surface area contributed by atoms with Crippen molar-refractivity contribution in [3.63, 3.8) is 0 Å². The first-order valence-electron chi connectivity index (χ1n) is 12.6. The van der Waals surface area contributed by atoms with E-state index in [0.29, 0.717) is 32.2 Å². The molecule has 0 bridgehead atoms. The molecule has 13 nitrogen and oxygen atoms in total. The molecular formula is C24H39N7O6S. The fraction of sp³-hybridized carbons (Fsp3) is 0.583. The lowest BCUT2D eigenvalue weighted by molar-refractivity contribution is -0.141. The predicted octanol–water partition coefficient (Wildman–Crippen LogP) is -1.43. The number of nitrogens with zero attached hydrogens (tertiary/aromatic N) is 2. The minimum Gasteiger partial charge on any atom is -0.465 e. The molecule has 1 aromatic rings. The van der Waals surface area contributed by atoms with Gasteiger partial charge in [0.15, 0.2) is 5.96 Å². The van der Waals surface area contributed by atoms with Gasteiger partial charge >= 0.3 is 5.97 Å². The van der Waals surface area contributed by atoms with E-state index in [0.717, 1.165) is 5.56 Å². The number of nitrogens with two attached hydrogens (primary N) is 3. The summed E-state index contributed by atoms with van der Waals surface area (Å²) in [5.41, 5.74) is 17.7. The van der Waals surface area contributed by atoms with E-state index in [1.807, 2.05) is 30.3 Å². The van der Waals surface area contributed by atoms with E-state index in [2.05, 4.69) is 15.0 Å². The number of hydrogen-bond acceptors (Lipinski definition) is 8. The third kappa shape index (κ3) is 9.91. The number of guanidine groups is 1. The standard InChI is InChI=1S/C24H39N7O6S/c1-2-37-21(32)16-30-38(35,36)18(10-6-12-28-24(26)27)15-29-22(33)20-11-7-13-31(20)23(34)19(25)14-17-8-4-3-5-9-17/h3-5,8-9,18-20,30H,2,6-7,10-16,25H2,1H3,(H,29,33)(H4,26,27,28)/t18?,19-,20+/m1/s1. The number of amides is 2. The van der Waals surface area contributed by atoms with Gasteiger partial charge in [-0.05, 0) is 44.6 Å². The van der Waals surface area contributed by atoms with Crippen LogP contribution in [0.5, 0.6) is 0 Å². The molecule has 2 amide bonds. The molecule has 1 saturated heterocycles. The fourth-order valence-electron chi connectivity index (χ4n) is 4.19. The molecule has 1 aromatic carbocycles. The van der Waals surface area contributed by atoms with Crippen LogP contribution < -0.4 is 27.2 Å². The van der Waals surface area contributed by atoms with Crippen molar-refractivity contribution in [3.05, 3.63) is 35.9 Å². The Hall–Kier alpha value is -3.23. The zero-order valence-electron chi connectivity index (χ0n) is 21.7. The average Bonchev–Trinajstić information content (AvgIpc) is 3.37. The minimum absolute atomic E-state index is 0.115. The molecule has 2 rings (SSSR count). The predicted molar refractivity (Wildman–Crippen MR) is 143 cm³/mol. The van der Waals surface area contributed by atoms with Crippen molar-refractivity contribution < 1.29 is 27.5 Å². The van der Waals surface area contributed by atoms with Crippen molar-refractivity contribution in [2.45, 2.75) is 56.4 Å². The summed E-state index contributed by atoms with van der Waals surface area (Å²) in [6, 6.07) is 7.81. The molecule has 1 aliphatic rings. The van der Waals surface area contributed by atoms with E-state index < -0.39 is 45.8 Å². The van der Waals surface area contributed by atoms with E-state index in [-0.39, 0.29) is 38.0 Å². The molecule has 0 aliphatic carbocycles. The number of aliphatic imine (C=N–C) groups is 1. The summed E-state index contributed by atoms with van der Waals surface area (Å²) in [6.45, 7) is 1.56. The third-order valence-corrected chi connectivity index (χ3v) is 7.93. The number of benzene rings is 1. The van der Waals surface area contributed by atoms with Gasteiger partial charge in [-0.25, -0.2) is 13.1 Å². The zero-order valence-corrected chi connectivity index (χ0v) is 22.5. The van der Waals surface area contributed by atoms with E-state index in [1.165, 1.54) is 4.90 Å². The Balaban J connectivity index is 2.02. The van der Waals surface area contributed by atoms with Crippen molar-refractivity contribution in [1.82, 2.24) is 14.9 Å². The summed E-state index contributed by atoms with van der Waals surface area (Å²) in [5.74, 6) is -1.62. The van der Waals surface area contributed by atoms with Crippen LogP contribution in [0.25, 0.3) is 0 Å². The first-order valence-corrected chi connectivity index (χ1v) is 14.2. The minimum atomic E-state index is -4.01. The molecule has 212 valence electrons. The van der Waals surface area contributed by atoms with E-state index in [4.69, 9.17) is 21.9 Å². The van der Waals surface area contributed by atoms with Gasteiger partial charge in [0.1, 0.15) is 12.6 Å². The topological polar surface area (TPSA) is 212 Å². The van der Waals surface area contributed by atoms with Crippen molar-refractivity contribution in [3.8, 4) is 0 Å². The van der Waals surface area contributed by atoms with Crippen LogP contribution >= 0.6 is 0 Å². The highest BCUT2D eigenvalue weighted by Crippen LogP contribution is 2.19. The molecule has 0 spiro atoms. The number of ether oxygens (including phenoxy) is 1. The molecule has 38 heavy (non-hydrogen) atoms. The Morgan fingerprint density at radius 2 is 1.92 bits per heavy atom. The highest BCUT2D eigenvalue weighted by Gasteiger charge is 2.37. The average molecular weight is 554 g/mol. The molecule has 0 saturated carbocycles. The lowest BCUT2D eigenvalue weighted by Crippen LogP contribution is -2.53. The second-order valence-corrected chi connectivity index (χ2v) is 11.0. The summed E-state index contributed by atoms with van der Waals surface area (Å²) in [5, 5.41) is 1.60. The molecule has 1 unspecified atom stereocenters. The van der Waals surface area contributed by atoms with Gasteiger partial charge < -0.3 is 32.2 Å². The number of carbonyl (C=O) groups is 3. The SMILES string of the molecule is CCOC(=O)CNS(=O)(=O)C(CCCN=C(N)N)CNC(=O)[C@@H]1CCCN1C(=O)[C@H](N)Cc1ccccc1. The molecule has 1 heterocycles. The second-order valence-electron chi connectivity index (χ2n) is 8.97. The first-order chi connectivity index (χ1) is 18.0. The maximum atomic E-state index is 13.1. The van der Waals surface area contributed by atoms with Crippen LogP contribution in [0.15, 0.2) is 35.3 Å². The van der Waals surface area contributed by atoms with Crippen LogP contribution in [0.3, 0.4) is 0 Å². The number of hydrogen-bond donors (Lipinski definition) is 5. The van der Waals surface area contributed by atoms with E-state index in [1.54, 1.807) is 6.92 Å². The summed E-state index contributed by atoms with van der Waals surface area (Å²) >= 11 is 0. The number of rotatable bonds is 15. The summed E-state index contributed by atoms with van der Waals surface area (Å²) in [4.78, 5) is 43.0. The van der Waals surface area contributed by atoms with Crippen LogP contribution in [0.4, 0.5) is 0 Å². The molecule has 1 aliphatic heterocycles. The Morgan fingerprint density at radius 1 is 1.21 bits per heavy atom. The van der Waals surface area contributed by atoms with Gasteiger partial charge in [-0.1, -0.05) is 30.3 Å². The maximum Gasteiger partial charge on any atom is 0.320 e. The number of esters is 1. The fourth-order valence-corrected chi connectivity index (χ4v) is 5.52. The number of likely N-dealkylation sites (tertiary alicyclic amines) is 1. The zero-order chi connectivity index (χ0) is 28.1. The van der Waals surface area contributed by atoms with Gasteiger partial charge in [0.2, 0.25) is 21.8 Å². The van der Waals surface area contributed by atoms with Gasteiger partial charge in [0.05, 0.1) is 17.9 Å². The molecule has 1 fully saturated rings. The lowest BCUT2D eigenvalue weighted by atomic mass is 10.1. The Kier molecular flexibility index (Phi) is 12.4. The monoisotopic (exact) mass is 553 g/mol.